The van der Waals surface area contributed by atoms with Gasteiger partial charge in [-0.1, -0.05) is 11.3 Å². The predicted octanol–water partition coefficient (Wildman–Crippen LogP) is 0.800. The molecule has 1 aromatic rings. The van der Waals surface area contributed by atoms with Crippen molar-refractivity contribution in [2.45, 2.75) is 12.7 Å². The molecule has 9 heteroatoms. The van der Waals surface area contributed by atoms with E-state index in [1.54, 1.807) is 0 Å². The highest BCUT2D eigenvalue weighted by Crippen LogP contribution is 2.19. The van der Waals surface area contributed by atoms with Gasteiger partial charge in [0, 0.05) is 26.2 Å². The maximum Gasteiger partial charge on any atom is 0.401 e. The summed E-state index contributed by atoms with van der Waals surface area (Å²) in [6.45, 7) is 1.84. The molecule has 0 aliphatic carbocycles. The second-order valence-corrected chi connectivity index (χ2v) is 5.30. The number of hydrogen-bond donors (Lipinski definition) is 1. The lowest BCUT2D eigenvalue weighted by Crippen LogP contribution is -2.48. The molecule has 1 fully saturated rings. The number of hydrogen-bond acceptors (Lipinski definition) is 6. The van der Waals surface area contributed by atoms with Crippen LogP contribution in [0.25, 0.3) is 0 Å². The summed E-state index contributed by atoms with van der Waals surface area (Å²) in [5, 5.41) is 8.82. The maximum absolute atomic E-state index is 12.2. The highest BCUT2D eigenvalue weighted by molar-refractivity contribution is 7.15. The number of rotatable bonds is 3. The van der Waals surface area contributed by atoms with E-state index in [-0.39, 0.29) is 0 Å². The minimum absolute atomic E-state index is 0.417. The third-order valence-electron chi connectivity index (χ3n) is 2.71. The number of piperazine rings is 1. The van der Waals surface area contributed by atoms with Crippen molar-refractivity contribution < 1.29 is 13.2 Å². The molecule has 0 bridgehead atoms. The number of alkyl halides is 3. The number of aromatic nitrogens is 2. The molecule has 1 aliphatic rings. The minimum atomic E-state index is -4.12. The first-order valence-electron chi connectivity index (χ1n) is 5.52. The third kappa shape index (κ3) is 4.07. The fraction of sp³-hybridized carbons (Fsp3) is 0.778. The molecule has 2 rings (SSSR count). The van der Waals surface area contributed by atoms with Crippen LogP contribution in [0.1, 0.15) is 5.01 Å². The lowest BCUT2D eigenvalue weighted by Gasteiger charge is -2.34. The molecule has 2 N–H and O–H groups in total. The Kier molecular flexibility index (Phi) is 4.03. The van der Waals surface area contributed by atoms with E-state index in [1.807, 2.05) is 0 Å². The molecule has 0 amide bonds. The van der Waals surface area contributed by atoms with Crippen LogP contribution in [0.15, 0.2) is 0 Å². The van der Waals surface area contributed by atoms with Crippen molar-refractivity contribution in [1.29, 1.82) is 0 Å². The van der Waals surface area contributed by atoms with Gasteiger partial charge in [-0.15, -0.1) is 10.2 Å². The van der Waals surface area contributed by atoms with Gasteiger partial charge < -0.3 is 5.73 Å². The van der Waals surface area contributed by atoms with Crippen molar-refractivity contribution in [3.8, 4) is 0 Å². The van der Waals surface area contributed by atoms with E-state index in [0.29, 0.717) is 37.9 Å². The molecule has 18 heavy (non-hydrogen) atoms. The van der Waals surface area contributed by atoms with Gasteiger partial charge in [0.2, 0.25) is 5.13 Å². The van der Waals surface area contributed by atoms with Crippen LogP contribution in [0.5, 0.6) is 0 Å². The normalized spacial score (nSPS) is 19.3. The van der Waals surface area contributed by atoms with E-state index in [0.717, 1.165) is 5.01 Å². The number of nitrogen functional groups attached to an aromatic ring is 1. The number of anilines is 1. The van der Waals surface area contributed by atoms with Crippen LogP contribution in [-0.2, 0) is 6.54 Å². The van der Waals surface area contributed by atoms with E-state index in [2.05, 4.69) is 15.1 Å². The first-order chi connectivity index (χ1) is 8.42. The highest BCUT2D eigenvalue weighted by Gasteiger charge is 2.32. The zero-order valence-corrected chi connectivity index (χ0v) is 10.5. The van der Waals surface area contributed by atoms with Crippen LogP contribution in [0.3, 0.4) is 0 Å². The van der Waals surface area contributed by atoms with Gasteiger partial charge in [-0.05, 0) is 0 Å². The van der Waals surface area contributed by atoms with Crippen molar-refractivity contribution in [2.24, 2.45) is 0 Å². The Labute approximate surface area is 106 Å². The van der Waals surface area contributed by atoms with Crippen molar-refractivity contribution in [3.63, 3.8) is 0 Å². The Bertz CT molecular complexity index is 386. The molecule has 0 saturated carbocycles. The second-order valence-electron chi connectivity index (χ2n) is 4.20. The quantitative estimate of drug-likeness (QED) is 0.888. The number of halogens is 3. The second kappa shape index (κ2) is 5.37. The molecule has 0 unspecified atom stereocenters. The van der Waals surface area contributed by atoms with E-state index in [9.17, 15) is 13.2 Å². The van der Waals surface area contributed by atoms with Gasteiger partial charge in [0.25, 0.3) is 0 Å². The van der Waals surface area contributed by atoms with Crippen molar-refractivity contribution in [2.75, 3.05) is 38.5 Å². The van der Waals surface area contributed by atoms with Gasteiger partial charge in [-0.25, -0.2) is 0 Å². The number of nitrogens with zero attached hydrogens (tertiary/aromatic N) is 4. The molecule has 1 saturated heterocycles. The Morgan fingerprint density at radius 1 is 1.11 bits per heavy atom. The fourth-order valence-electron chi connectivity index (χ4n) is 1.88. The molecule has 1 aromatic heterocycles. The van der Waals surface area contributed by atoms with Crippen LogP contribution in [0.4, 0.5) is 18.3 Å². The maximum atomic E-state index is 12.2. The van der Waals surface area contributed by atoms with Crippen LogP contribution in [0.2, 0.25) is 0 Å². The standard InChI is InChI=1S/C9H14F3N5S/c10-9(11,12)6-17-3-1-16(2-4-17)5-7-14-15-8(13)18-7/h1-6H2,(H2,13,15). The van der Waals surface area contributed by atoms with Crippen LogP contribution in [-0.4, -0.2) is 58.9 Å². The van der Waals surface area contributed by atoms with Crippen molar-refractivity contribution in [3.05, 3.63) is 5.01 Å². The summed E-state index contributed by atoms with van der Waals surface area (Å²) in [5.74, 6) is 0. The lowest BCUT2D eigenvalue weighted by atomic mass is 10.3. The molecule has 1 aliphatic heterocycles. The lowest BCUT2D eigenvalue weighted by molar-refractivity contribution is -0.149. The van der Waals surface area contributed by atoms with E-state index in [4.69, 9.17) is 5.73 Å². The summed E-state index contributed by atoms with van der Waals surface area (Å²) in [7, 11) is 0. The number of nitrogens with two attached hydrogens (primary N) is 1. The Morgan fingerprint density at radius 3 is 2.22 bits per heavy atom. The topological polar surface area (TPSA) is 58.3 Å². The Balaban J connectivity index is 1.77. The largest absolute Gasteiger partial charge is 0.401 e. The fourth-order valence-corrected chi connectivity index (χ4v) is 2.53. The monoisotopic (exact) mass is 281 g/mol. The molecule has 102 valence electrons. The average molecular weight is 281 g/mol. The van der Waals surface area contributed by atoms with Crippen LogP contribution >= 0.6 is 11.3 Å². The molecular formula is C9H14F3N5S. The minimum Gasteiger partial charge on any atom is -0.374 e. The van der Waals surface area contributed by atoms with Gasteiger partial charge in [-0.3, -0.25) is 9.80 Å². The summed E-state index contributed by atoms with van der Waals surface area (Å²) >= 11 is 1.31. The first kappa shape index (κ1) is 13.5. The van der Waals surface area contributed by atoms with Crippen LogP contribution < -0.4 is 5.73 Å². The summed E-state index contributed by atoms with van der Waals surface area (Å²) in [6, 6.07) is 0. The molecule has 0 aromatic carbocycles. The third-order valence-corrected chi connectivity index (χ3v) is 3.45. The molecule has 0 spiro atoms. The predicted molar refractivity (Wildman–Crippen MR) is 62.1 cm³/mol. The average Bonchev–Trinajstić information content (AvgIpc) is 2.65. The summed E-state index contributed by atoms with van der Waals surface area (Å²) in [5.41, 5.74) is 5.47. The first-order valence-corrected chi connectivity index (χ1v) is 6.33. The SMILES string of the molecule is Nc1nnc(CN2CCN(CC(F)(F)F)CC2)s1. The summed E-state index contributed by atoms with van der Waals surface area (Å²) < 4.78 is 36.6. The molecular weight excluding hydrogens is 267 g/mol. The van der Waals surface area contributed by atoms with Gasteiger partial charge in [-0.2, -0.15) is 13.2 Å². The molecule has 2 heterocycles. The zero-order chi connectivity index (χ0) is 13.2. The molecule has 0 atom stereocenters. The highest BCUT2D eigenvalue weighted by atomic mass is 32.1. The van der Waals surface area contributed by atoms with E-state index < -0.39 is 12.7 Å². The molecule has 0 radical (unpaired) electrons. The smallest absolute Gasteiger partial charge is 0.374 e. The van der Waals surface area contributed by atoms with Crippen molar-refractivity contribution in [1.82, 2.24) is 20.0 Å². The van der Waals surface area contributed by atoms with E-state index in [1.165, 1.54) is 16.2 Å². The van der Waals surface area contributed by atoms with Gasteiger partial charge in [0.1, 0.15) is 5.01 Å². The molecule has 5 nitrogen and oxygen atoms in total. The van der Waals surface area contributed by atoms with Gasteiger partial charge >= 0.3 is 6.18 Å². The van der Waals surface area contributed by atoms with E-state index >= 15 is 0 Å². The summed E-state index contributed by atoms with van der Waals surface area (Å²) in [6.07, 6.45) is -4.12. The van der Waals surface area contributed by atoms with Crippen LogP contribution in [0, 0.1) is 0 Å². The Hall–Kier alpha value is -0.930. The summed E-state index contributed by atoms with van der Waals surface area (Å²) in [4.78, 5) is 3.48. The zero-order valence-electron chi connectivity index (χ0n) is 9.65. The van der Waals surface area contributed by atoms with Gasteiger partial charge in [0.15, 0.2) is 0 Å². The van der Waals surface area contributed by atoms with Crippen molar-refractivity contribution >= 4 is 16.5 Å². The Morgan fingerprint density at radius 2 is 1.72 bits per heavy atom. The van der Waals surface area contributed by atoms with Gasteiger partial charge in [0.05, 0.1) is 13.1 Å².